The van der Waals surface area contributed by atoms with Crippen LogP contribution in [0.5, 0.6) is 0 Å². The summed E-state index contributed by atoms with van der Waals surface area (Å²) in [5.74, 6) is 0.737. The lowest BCUT2D eigenvalue weighted by atomic mass is 9.61. The van der Waals surface area contributed by atoms with Crippen LogP contribution in [0.4, 0.5) is 0 Å². The molecule has 0 radical (unpaired) electrons. The van der Waals surface area contributed by atoms with Crippen molar-refractivity contribution in [3.05, 3.63) is 377 Å². The Morgan fingerprint density at radius 1 is 0.239 bits per heavy atom. The zero-order valence-corrected chi connectivity index (χ0v) is 49.8. The maximum absolute atomic E-state index is 10.1. The largest absolute Gasteiger partial charge is 0.354 e. The van der Waals surface area contributed by atoms with Crippen LogP contribution in [-0.4, -0.2) is 19.9 Å². The van der Waals surface area contributed by atoms with Crippen molar-refractivity contribution >= 4 is 46.4 Å². The maximum Gasteiger partial charge on any atom is 0.0991 e. The molecule has 2 N–H and O–H groups in total. The Labute approximate surface area is 531 Å². The fourth-order valence-electron chi connectivity index (χ4n) is 18.1. The monoisotopic (exact) mass is 1170 g/mol. The molecule has 92 heavy (non-hydrogen) atoms. The van der Waals surface area contributed by atoms with Crippen molar-refractivity contribution < 1.29 is 0 Å². The summed E-state index contributed by atoms with van der Waals surface area (Å²) < 4.78 is 0. The second-order valence-electron chi connectivity index (χ2n) is 26.1. The summed E-state index contributed by atoms with van der Waals surface area (Å²) in [6, 6.07) is 95.4. The molecule has 14 bridgehead atoms. The molecule has 0 unspecified atom stereocenters. The van der Waals surface area contributed by atoms with Gasteiger partial charge in [0.15, 0.2) is 0 Å². The standard InChI is InChI=1S/C87H53N5/c88-46-47-25-27-48(28-26-47)78-70-35-37-72(89-70)79(49-29-32-64-67(43-49)85-58-19-7-1-13-52(58)82(64)53-14-2-8-20-59(53)85)74-39-41-76(91-74)81(51-31-34-66-69(45-51)87-62-23-11-5-17-56(62)84(66)57-18-6-12-24-63(57)87)77-42-40-75(92-77)80(73-38-36-71(78)90-73)50-30-33-65-68(44-50)86-60-21-9-3-15-54(60)83(65)55-16-4-10-22-61(55)86/h1-45,82-87,89,92H. The number of benzene rings is 10. The molecule has 0 saturated carbocycles. The van der Waals surface area contributed by atoms with Crippen LogP contribution in [0.25, 0.3) is 90.9 Å². The number of H-pyrrole nitrogens is 2. The molecule has 11 aliphatic rings. The van der Waals surface area contributed by atoms with Gasteiger partial charge in [-0.15, -0.1) is 0 Å². The van der Waals surface area contributed by atoms with Crippen LogP contribution in [0.1, 0.15) is 164 Å². The minimum Gasteiger partial charge on any atom is -0.354 e. The van der Waals surface area contributed by atoms with E-state index in [2.05, 4.69) is 277 Å². The molecule has 2 aliphatic heterocycles. The molecule has 10 aromatic carbocycles. The van der Waals surface area contributed by atoms with E-state index in [0.717, 1.165) is 89.4 Å². The van der Waals surface area contributed by atoms with Crippen molar-refractivity contribution in [3.63, 3.8) is 0 Å². The van der Waals surface area contributed by atoms with Gasteiger partial charge in [0.25, 0.3) is 0 Å². The first-order valence-corrected chi connectivity index (χ1v) is 32.2. The van der Waals surface area contributed by atoms with Gasteiger partial charge in [-0.05, 0) is 201 Å². The number of nitriles is 1. The van der Waals surface area contributed by atoms with Crippen molar-refractivity contribution in [2.45, 2.75) is 35.5 Å². The minimum absolute atomic E-state index is 0.0947. The number of nitrogens with one attached hydrogen (secondary N) is 2. The predicted molar refractivity (Wildman–Crippen MR) is 370 cm³/mol. The van der Waals surface area contributed by atoms with Crippen molar-refractivity contribution in [3.8, 4) is 50.6 Å². The van der Waals surface area contributed by atoms with Crippen molar-refractivity contribution in [1.82, 2.24) is 19.9 Å². The molecular weight excluding hydrogens is 1110 g/mol. The number of hydrogen-bond donors (Lipinski definition) is 2. The van der Waals surface area contributed by atoms with Crippen LogP contribution in [0.3, 0.4) is 0 Å². The van der Waals surface area contributed by atoms with Gasteiger partial charge in [-0.3, -0.25) is 0 Å². The predicted octanol–water partition coefficient (Wildman–Crippen LogP) is 20.2. The van der Waals surface area contributed by atoms with Gasteiger partial charge in [-0.25, -0.2) is 9.97 Å². The normalized spacial score (nSPS) is 18.6. The molecule has 0 saturated heterocycles. The Hall–Kier alpha value is -11.7. The highest BCUT2D eigenvalue weighted by molar-refractivity contribution is 6.01. The Morgan fingerprint density at radius 2 is 0.457 bits per heavy atom. The summed E-state index contributed by atoms with van der Waals surface area (Å²) in [6.07, 6.45) is 8.86. The summed E-state index contributed by atoms with van der Waals surface area (Å²) >= 11 is 0. The first-order valence-electron chi connectivity index (χ1n) is 32.2. The molecule has 5 heterocycles. The molecule has 3 aromatic heterocycles. The minimum atomic E-state index is 0.0947. The molecule has 0 fully saturated rings. The average Bonchev–Trinajstić information content (AvgIpc) is 1.05. The number of nitrogens with zero attached hydrogens (tertiary/aromatic N) is 3. The van der Waals surface area contributed by atoms with Crippen LogP contribution >= 0.6 is 0 Å². The van der Waals surface area contributed by atoms with Gasteiger partial charge in [0.05, 0.1) is 34.4 Å². The van der Waals surface area contributed by atoms with Gasteiger partial charge in [0.2, 0.25) is 0 Å². The SMILES string of the molecule is N#Cc1ccc(-c2c3nc(c(-c4ccc5c(c4)C4c6ccccc6C5c5ccccc54)c4ccc([nH]4)c(-c4ccc5c(c4)C4c6ccccc6C5c5ccccc54)c4nc(c(-c5ccc6c(c5)C5c7ccccc7C6c6ccccc65)c5ccc2[nH]5)C=C4)C=C3)cc1. The zero-order valence-electron chi connectivity index (χ0n) is 49.8. The summed E-state index contributed by atoms with van der Waals surface area (Å²) in [7, 11) is 0. The summed E-state index contributed by atoms with van der Waals surface area (Å²) in [4.78, 5) is 19.9. The van der Waals surface area contributed by atoms with E-state index in [-0.39, 0.29) is 35.5 Å². The highest BCUT2D eigenvalue weighted by atomic mass is 14.8. The van der Waals surface area contributed by atoms with E-state index < -0.39 is 0 Å². The highest BCUT2D eigenvalue weighted by Gasteiger charge is 2.44. The lowest BCUT2D eigenvalue weighted by Gasteiger charge is -2.42. The van der Waals surface area contributed by atoms with Crippen LogP contribution in [0.2, 0.25) is 0 Å². The van der Waals surface area contributed by atoms with E-state index in [1.54, 1.807) is 0 Å². The number of aromatic nitrogens is 4. The number of fused-ring (bicyclic) bond motifs is 8. The van der Waals surface area contributed by atoms with E-state index in [9.17, 15) is 5.26 Å². The Balaban J connectivity index is 0.846. The molecule has 5 heteroatoms. The zero-order chi connectivity index (χ0) is 60.0. The average molecular weight is 1170 g/mol. The summed E-state index contributed by atoms with van der Waals surface area (Å²) in [5.41, 5.74) is 40.9. The van der Waals surface area contributed by atoms with Crippen molar-refractivity contribution in [1.29, 1.82) is 5.26 Å². The van der Waals surface area contributed by atoms with E-state index in [4.69, 9.17) is 9.97 Å². The second-order valence-corrected chi connectivity index (χ2v) is 26.1. The third-order valence-electron chi connectivity index (χ3n) is 21.8. The smallest absolute Gasteiger partial charge is 0.0991 e. The molecule has 9 aliphatic carbocycles. The van der Waals surface area contributed by atoms with Crippen LogP contribution in [0.15, 0.2) is 249 Å². The number of hydrogen-bond acceptors (Lipinski definition) is 3. The second kappa shape index (κ2) is 18.7. The molecule has 0 amide bonds. The van der Waals surface area contributed by atoms with E-state index in [1.165, 1.54) is 100 Å². The number of aromatic amines is 2. The Morgan fingerprint density at radius 3 is 0.707 bits per heavy atom. The van der Waals surface area contributed by atoms with Gasteiger partial charge in [0, 0.05) is 79.8 Å². The van der Waals surface area contributed by atoms with Gasteiger partial charge in [-0.2, -0.15) is 5.26 Å². The lowest BCUT2D eigenvalue weighted by molar-refractivity contribution is 0.754. The Kier molecular flexibility index (Phi) is 10.2. The maximum atomic E-state index is 10.1. The molecule has 24 rings (SSSR count). The molecular formula is C87H53N5. The van der Waals surface area contributed by atoms with Crippen molar-refractivity contribution in [2.24, 2.45) is 0 Å². The first kappa shape index (κ1) is 50.2. The van der Waals surface area contributed by atoms with Gasteiger partial charge in [-0.1, -0.05) is 194 Å². The van der Waals surface area contributed by atoms with Crippen LogP contribution < -0.4 is 0 Å². The van der Waals surface area contributed by atoms with E-state index >= 15 is 0 Å². The molecule has 13 aromatic rings. The van der Waals surface area contributed by atoms with Crippen LogP contribution in [-0.2, 0) is 0 Å². The van der Waals surface area contributed by atoms with Crippen molar-refractivity contribution in [2.75, 3.05) is 0 Å². The molecule has 0 spiro atoms. The van der Waals surface area contributed by atoms with Gasteiger partial charge in [0.1, 0.15) is 0 Å². The fourth-order valence-corrected chi connectivity index (χ4v) is 18.1. The topological polar surface area (TPSA) is 81.2 Å². The lowest BCUT2D eigenvalue weighted by Crippen LogP contribution is -2.27. The quantitative estimate of drug-likeness (QED) is 0.184. The third kappa shape index (κ3) is 6.85. The molecule has 5 nitrogen and oxygen atoms in total. The van der Waals surface area contributed by atoms with Gasteiger partial charge < -0.3 is 9.97 Å². The van der Waals surface area contributed by atoms with Gasteiger partial charge >= 0.3 is 0 Å². The van der Waals surface area contributed by atoms with E-state index in [1.807, 2.05) is 12.1 Å². The van der Waals surface area contributed by atoms with E-state index in [0.29, 0.717) is 5.56 Å². The molecule has 426 valence electrons. The van der Waals surface area contributed by atoms with Crippen LogP contribution in [0, 0.1) is 11.3 Å². The molecule has 0 atom stereocenters. The fraction of sp³-hybridized carbons (Fsp3) is 0.0690. The highest BCUT2D eigenvalue weighted by Crippen LogP contribution is 2.60. The Bertz CT molecular complexity index is 5490. The summed E-state index contributed by atoms with van der Waals surface area (Å²) in [5, 5.41) is 10.1. The number of rotatable bonds is 4. The summed E-state index contributed by atoms with van der Waals surface area (Å²) in [6.45, 7) is 0. The third-order valence-corrected chi connectivity index (χ3v) is 21.8. The first-order chi connectivity index (χ1) is 45.6.